The molecular formula is C14H12ClNO2S2. The minimum absolute atomic E-state index is 0.0507. The zero-order valence-electron chi connectivity index (χ0n) is 10.5. The molecule has 0 saturated carbocycles. The summed E-state index contributed by atoms with van der Waals surface area (Å²) in [5, 5.41) is 13.3. The van der Waals surface area contributed by atoms with E-state index in [1.165, 1.54) is 22.7 Å². The highest BCUT2D eigenvalue weighted by Crippen LogP contribution is 2.21. The van der Waals surface area contributed by atoms with Crippen LogP contribution in [0.3, 0.4) is 0 Å². The predicted octanol–water partition coefficient (Wildman–Crippen LogP) is 3.13. The lowest BCUT2D eigenvalue weighted by molar-refractivity contribution is 0.0951. The van der Waals surface area contributed by atoms with Gasteiger partial charge in [-0.05, 0) is 18.2 Å². The molecule has 0 bridgehead atoms. The van der Waals surface area contributed by atoms with Gasteiger partial charge in [0.05, 0.1) is 27.9 Å². The molecule has 0 spiro atoms. The van der Waals surface area contributed by atoms with Gasteiger partial charge in [-0.3, -0.25) is 4.79 Å². The van der Waals surface area contributed by atoms with E-state index >= 15 is 0 Å². The summed E-state index contributed by atoms with van der Waals surface area (Å²) in [5.74, 6) is 5.62. The Balaban J connectivity index is 1.91. The SMILES string of the molecule is O=C(NCc1ccc(Cl)s1)c1csc(C#CCCO)c1. The molecule has 1 amide bonds. The molecule has 0 saturated heterocycles. The van der Waals surface area contributed by atoms with Crippen molar-refractivity contribution in [2.24, 2.45) is 0 Å². The molecule has 0 atom stereocenters. The lowest BCUT2D eigenvalue weighted by Gasteiger charge is -2.00. The second kappa shape index (κ2) is 7.46. The van der Waals surface area contributed by atoms with Crippen molar-refractivity contribution in [1.29, 1.82) is 0 Å². The molecule has 0 radical (unpaired) electrons. The smallest absolute Gasteiger partial charge is 0.252 e. The highest BCUT2D eigenvalue weighted by Gasteiger charge is 2.08. The van der Waals surface area contributed by atoms with Crippen molar-refractivity contribution in [2.45, 2.75) is 13.0 Å². The molecule has 6 heteroatoms. The Hall–Kier alpha value is -1.32. The van der Waals surface area contributed by atoms with E-state index in [-0.39, 0.29) is 12.5 Å². The molecule has 2 heterocycles. The minimum atomic E-state index is -0.124. The fourth-order valence-electron chi connectivity index (χ4n) is 1.44. The number of carbonyl (C=O) groups is 1. The van der Waals surface area contributed by atoms with Crippen molar-refractivity contribution >= 4 is 40.2 Å². The lowest BCUT2D eigenvalue weighted by Crippen LogP contribution is -2.21. The van der Waals surface area contributed by atoms with Crippen LogP contribution in [0.5, 0.6) is 0 Å². The van der Waals surface area contributed by atoms with Gasteiger partial charge in [-0.1, -0.05) is 23.4 Å². The first-order valence-corrected chi connectivity index (χ1v) is 7.97. The van der Waals surface area contributed by atoms with E-state index in [2.05, 4.69) is 17.2 Å². The molecule has 0 aromatic carbocycles. The van der Waals surface area contributed by atoms with Crippen molar-refractivity contribution in [2.75, 3.05) is 6.61 Å². The van der Waals surface area contributed by atoms with E-state index in [0.29, 0.717) is 22.9 Å². The molecule has 3 nitrogen and oxygen atoms in total. The monoisotopic (exact) mass is 325 g/mol. The number of carbonyl (C=O) groups excluding carboxylic acids is 1. The Morgan fingerprint density at radius 1 is 1.45 bits per heavy atom. The zero-order chi connectivity index (χ0) is 14.4. The van der Waals surface area contributed by atoms with Crippen LogP contribution in [0.25, 0.3) is 0 Å². The normalized spacial score (nSPS) is 9.90. The standard InChI is InChI=1S/C14H12ClNO2S2/c15-13-5-4-12(20-13)8-16-14(18)10-7-11(19-9-10)3-1-2-6-17/h4-5,7,9,17H,2,6,8H2,(H,16,18). The van der Waals surface area contributed by atoms with Gasteiger partial charge in [-0.15, -0.1) is 22.7 Å². The van der Waals surface area contributed by atoms with Crippen LogP contribution in [0.15, 0.2) is 23.6 Å². The van der Waals surface area contributed by atoms with Crippen LogP contribution in [0.1, 0.15) is 26.5 Å². The van der Waals surface area contributed by atoms with Crippen LogP contribution < -0.4 is 5.32 Å². The largest absolute Gasteiger partial charge is 0.395 e. The van der Waals surface area contributed by atoms with E-state index in [1.807, 2.05) is 12.1 Å². The van der Waals surface area contributed by atoms with E-state index in [1.54, 1.807) is 11.4 Å². The first-order chi connectivity index (χ1) is 9.69. The summed E-state index contributed by atoms with van der Waals surface area (Å²) in [6.07, 6.45) is 0.443. The number of rotatable bonds is 4. The fourth-order valence-corrected chi connectivity index (χ4v) is 3.22. The van der Waals surface area contributed by atoms with Gasteiger partial charge in [-0.25, -0.2) is 0 Å². The van der Waals surface area contributed by atoms with Gasteiger partial charge in [0.2, 0.25) is 0 Å². The number of halogens is 1. The van der Waals surface area contributed by atoms with Crippen molar-refractivity contribution in [1.82, 2.24) is 5.32 Å². The zero-order valence-corrected chi connectivity index (χ0v) is 12.9. The summed E-state index contributed by atoms with van der Waals surface area (Å²) < 4.78 is 0.714. The Morgan fingerprint density at radius 3 is 3.00 bits per heavy atom. The lowest BCUT2D eigenvalue weighted by atomic mass is 10.3. The topological polar surface area (TPSA) is 49.3 Å². The van der Waals surface area contributed by atoms with Crippen molar-refractivity contribution < 1.29 is 9.90 Å². The molecule has 2 N–H and O–H groups in total. The maximum absolute atomic E-state index is 11.9. The van der Waals surface area contributed by atoms with E-state index in [4.69, 9.17) is 16.7 Å². The summed E-state index contributed by atoms with van der Waals surface area (Å²) in [7, 11) is 0. The Kier molecular flexibility index (Phi) is 5.62. The average Bonchev–Trinajstić information content (AvgIpc) is 3.06. The van der Waals surface area contributed by atoms with Crippen LogP contribution in [0.2, 0.25) is 4.34 Å². The first kappa shape index (κ1) is 15.1. The van der Waals surface area contributed by atoms with Crippen molar-refractivity contribution in [3.8, 4) is 11.8 Å². The van der Waals surface area contributed by atoms with Crippen LogP contribution >= 0.6 is 34.3 Å². The van der Waals surface area contributed by atoms with Crippen molar-refractivity contribution in [3.63, 3.8) is 0 Å². The third-order valence-electron chi connectivity index (χ3n) is 2.36. The quantitative estimate of drug-likeness (QED) is 0.848. The summed E-state index contributed by atoms with van der Waals surface area (Å²) in [6.45, 7) is 0.521. The second-order valence-corrected chi connectivity index (χ2v) is 6.57. The number of aliphatic hydroxyl groups is 1. The summed E-state index contributed by atoms with van der Waals surface area (Å²) in [4.78, 5) is 13.8. The third kappa shape index (κ3) is 4.36. The molecule has 20 heavy (non-hydrogen) atoms. The number of aliphatic hydroxyl groups excluding tert-OH is 1. The molecule has 0 aliphatic rings. The number of hydrogen-bond donors (Lipinski definition) is 2. The number of thiophene rings is 2. The summed E-state index contributed by atoms with van der Waals surface area (Å²) in [5.41, 5.74) is 0.603. The fraction of sp³-hybridized carbons (Fsp3) is 0.214. The molecule has 2 aromatic heterocycles. The third-order valence-corrected chi connectivity index (χ3v) is 4.44. The summed E-state index contributed by atoms with van der Waals surface area (Å²) in [6, 6.07) is 5.46. The number of amides is 1. The Morgan fingerprint density at radius 2 is 2.30 bits per heavy atom. The van der Waals surface area contributed by atoms with Gasteiger partial charge in [0.15, 0.2) is 0 Å². The van der Waals surface area contributed by atoms with Crippen LogP contribution in [-0.2, 0) is 6.54 Å². The minimum Gasteiger partial charge on any atom is -0.395 e. The van der Waals surface area contributed by atoms with Crippen molar-refractivity contribution in [3.05, 3.63) is 43.2 Å². The maximum atomic E-state index is 11.9. The number of nitrogens with one attached hydrogen (secondary N) is 1. The number of hydrogen-bond acceptors (Lipinski definition) is 4. The van der Waals surface area contributed by atoms with Crippen LogP contribution in [-0.4, -0.2) is 17.6 Å². The van der Waals surface area contributed by atoms with E-state index in [0.717, 1.165) is 9.75 Å². The van der Waals surface area contributed by atoms with E-state index in [9.17, 15) is 4.79 Å². The maximum Gasteiger partial charge on any atom is 0.252 e. The van der Waals surface area contributed by atoms with Gasteiger partial charge in [0, 0.05) is 16.7 Å². The Bertz CT molecular complexity index is 651. The molecule has 104 valence electrons. The molecule has 2 aromatic rings. The molecule has 0 aliphatic carbocycles. The highest BCUT2D eigenvalue weighted by atomic mass is 35.5. The van der Waals surface area contributed by atoms with Gasteiger partial charge in [-0.2, -0.15) is 0 Å². The average molecular weight is 326 g/mol. The van der Waals surface area contributed by atoms with Gasteiger partial charge < -0.3 is 10.4 Å². The molecule has 2 rings (SSSR count). The van der Waals surface area contributed by atoms with Gasteiger partial charge >= 0.3 is 0 Å². The molecule has 0 aliphatic heterocycles. The Labute approximate surface area is 130 Å². The van der Waals surface area contributed by atoms with Gasteiger partial charge in [0.1, 0.15) is 0 Å². The second-order valence-electron chi connectivity index (χ2n) is 3.86. The van der Waals surface area contributed by atoms with Crippen LogP contribution in [0, 0.1) is 11.8 Å². The predicted molar refractivity (Wildman–Crippen MR) is 83.4 cm³/mol. The molecule has 0 fully saturated rings. The van der Waals surface area contributed by atoms with Gasteiger partial charge in [0.25, 0.3) is 5.91 Å². The molecular weight excluding hydrogens is 314 g/mol. The van der Waals surface area contributed by atoms with Crippen LogP contribution in [0.4, 0.5) is 0 Å². The molecule has 0 unspecified atom stereocenters. The summed E-state index contributed by atoms with van der Waals surface area (Å²) >= 11 is 8.70. The highest BCUT2D eigenvalue weighted by molar-refractivity contribution is 7.16. The first-order valence-electron chi connectivity index (χ1n) is 5.89. The van der Waals surface area contributed by atoms with E-state index < -0.39 is 0 Å².